The van der Waals surface area contributed by atoms with Crippen LogP contribution in [-0.2, 0) is 14.9 Å². The minimum atomic E-state index is -3.38. The second-order valence-corrected chi connectivity index (χ2v) is 9.13. The van der Waals surface area contributed by atoms with Crippen LogP contribution in [0.1, 0.15) is 36.3 Å². The highest BCUT2D eigenvalue weighted by atomic mass is 32.2. The Balaban J connectivity index is 1.43. The molecular formula is C19H31N3O3S. The first-order valence-corrected chi connectivity index (χ1v) is 11.0. The van der Waals surface area contributed by atoms with Crippen LogP contribution in [0.3, 0.4) is 0 Å². The number of aryl methyl sites for hydroxylation is 1. The maximum Gasteiger partial charge on any atom is 0.279 e. The van der Waals surface area contributed by atoms with E-state index in [1.807, 2.05) is 0 Å². The normalized spacial score (nSPS) is 23.5. The van der Waals surface area contributed by atoms with Crippen molar-refractivity contribution in [2.75, 3.05) is 46.4 Å². The first-order valence-electron chi connectivity index (χ1n) is 9.55. The van der Waals surface area contributed by atoms with Gasteiger partial charge in [-0.05, 0) is 49.8 Å². The van der Waals surface area contributed by atoms with Gasteiger partial charge in [0.15, 0.2) is 0 Å². The fourth-order valence-corrected chi connectivity index (χ4v) is 5.29. The summed E-state index contributed by atoms with van der Waals surface area (Å²) in [6.45, 7) is 6.49. The quantitative estimate of drug-likeness (QED) is 0.781. The molecule has 2 fully saturated rings. The summed E-state index contributed by atoms with van der Waals surface area (Å²) in [5.74, 6) is 0.556. The maximum absolute atomic E-state index is 12.4. The lowest BCUT2D eigenvalue weighted by molar-refractivity contribution is 0.0602. The molecule has 2 saturated heterocycles. The third kappa shape index (κ3) is 4.84. The van der Waals surface area contributed by atoms with Crippen LogP contribution in [0.2, 0.25) is 0 Å². The highest BCUT2D eigenvalue weighted by Gasteiger charge is 2.28. The van der Waals surface area contributed by atoms with Gasteiger partial charge in [-0.15, -0.1) is 0 Å². The fraction of sp³-hybridized carbons (Fsp3) is 0.684. The number of ether oxygens (including phenoxy) is 1. The minimum absolute atomic E-state index is 0.185. The van der Waals surface area contributed by atoms with E-state index in [0.717, 1.165) is 38.9 Å². The lowest BCUT2D eigenvalue weighted by Crippen LogP contribution is -2.47. The number of nitrogens with one attached hydrogen (secondary N) is 1. The van der Waals surface area contributed by atoms with E-state index < -0.39 is 10.2 Å². The lowest BCUT2D eigenvalue weighted by atomic mass is 9.94. The molecule has 146 valence electrons. The van der Waals surface area contributed by atoms with Gasteiger partial charge in [0.2, 0.25) is 0 Å². The summed E-state index contributed by atoms with van der Waals surface area (Å²) in [5.41, 5.74) is 2.77. The Morgan fingerprint density at radius 2 is 1.88 bits per heavy atom. The van der Waals surface area contributed by atoms with E-state index in [0.29, 0.717) is 25.6 Å². The van der Waals surface area contributed by atoms with Crippen molar-refractivity contribution >= 4 is 10.2 Å². The number of methoxy groups -OCH3 is 1. The second kappa shape index (κ2) is 8.80. The molecule has 1 aromatic carbocycles. The average Bonchev–Trinajstić information content (AvgIpc) is 3.10. The largest absolute Gasteiger partial charge is 0.381 e. The molecule has 0 saturated carbocycles. The number of piperidine rings is 1. The number of benzene rings is 1. The topological polar surface area (TPSA) is 61.9 Å². The Labute approximate surface area is 157 Å². The van der Waals surface area contributed by atoms with E-state index >= 15 is 0 Å². The van der Waals surface area contributed by atoms with Crippen molar-refractivity contribution in [3.05, 3.63) is 35.4 Å². The van der Waals surface area contributed by atoms with E-state index in [1.54, 1.807) is 11.4 Å². The highest BCUT2D eigenvalue weighted by Crippen LogP contribution is 2.28. The molecule has 0 aromatic heterocycles. The molecule has 2 aliphatic heterocycles. The summed E-state index contributed by atoms with van der Waals surface area (Å²) in [4.78, 5) is 2.36. The molecule has 0 radical (unpaired) electrons. The smallest absolute Gasteiger partial charge is 0.279 e. The van der Waals surface area contributed by atoms with E-state index in [-0.39, 0.29) is 6.10 Å². The predicted octanol–water partition coefficient (Wildman–Crippen LogP) is 1.73. The number of likely N-dealkylation sites (tertiary alicyclic amines) is 1. The van der Waals surface area contributed by atoms with Gasteiger partial charge in [0.05, 0.1) is 6.10 Å². The zero-order valence-corrected chi connectivity index (χ0v) is 16.7. The van der Waals surface area contributed by atoms with Gasteiger partial charge >= 0.3 is 0 Å². The third-order valence-electron chi connectivity index (χ3n) is 5.69. The Kier molecular flexibility index (Phi) is 6.69. The van der Waals surface area contributed by atoms with Crippen LogP contribution in [-0.4, -0.2) is 70.1 Å². The predicted molar refractivity (Wildman–Crippen MR) is 104 cm³/mol. The van der Waals surface area contributed by atoms with Gasteiger partial charge in [-0.1, -0.05) is 24.3 Å². The molecule has 2 heterocycles. The van der Waals surface area contributed by atoms with Crippen molar-refractivity contribution in [2.24, 2.45) is 0 Å². The first kappa shape index (κ1) is 19.8. The van der Waals surface area contributed by atoms with Crippen molar-refractivity contribution in [3.8, 4) is 0 Å². The van der Waals surface area contributed by atoms with Crippen molar-refractivity contribution in [1.29, 1.82) is 0 Å². The molecule has 0 aliphatic carbocycles. The van der Waals surface area contributed by atoms with Crippen LogP contribution in [0, 0.1) is 6.92 Å². The van der Waals surface area contributed by atoms with Crippen LogP contribution < -0.4 is 4.72 Å². The van der Waals surface area contributed by atoms with Crippen molar-refractivity contribution < 1.29 is 13.2 Å². The summed E-state index contributed by atoms with van der Waals surface area (Å²) >= 11 is 0. The maximum atomic E-state index is 12.4. The summed E-state index contributed by atoms with van der Waals surface area (Å²) in [5, 5.41) is 0. The van der Waals surface area contributed by atoms with Crippen LogP contribution in [0.5, 0.6) is 0 Å². The summed E-state index contributed by atoms with van der Waals surface area (Å²) < 4.78 is 34.5. The lowest BCUT2D eigenvalue weighted by Gasteiger charge is -2.30. The van der Waals surface area contributed by atoms with Gasteiger partial charge in [0, 0.05) is 39.8 Å². The molecule has 3 rings (SSSR count). The third-order valence-corrected chi connectivity index (χ3v) is 7.30. The van der Waals surface area contributed by atoms with Crippen molar-refractivity contribution in [3.63, 3.8) is 0 Å². The summed E-state index contributed by atoms with van der Waals surface area (Å²) in [6, 6.07) is 8.57. The van der Waals surface area contributed by atoms with E-state index in [4.69, 9.17) is 4.74 Å². The zero-order chi connectivity index (χ0) is 18.6. The first-order chi connectivity index (χ1) is 12.5. The fourth-order valence-electron chi connectivity index (χ4n) is 4.07. The standard InChI is InChI=1S/C19H31N3O3S/c1-16-5-3-4-6-19(16)17-7-11-21(15-17)14-10-20-26(23,24)22-12-8-18(25-2)9-13-22/h3-6,17-18,20H,7-15H2,1-2H3. The van der Waals surface area contributed by atoms with Gasteiger partial charge in [-0.25, -0.2) is 4.72 Å². The Bertz CT molecular complexity index is 687. The molecule has 1 unspecified atom stereocenters. The van der Waals surface area contributed by atoms with Crippen molar-refractivity contribution in [2.45, 2.75) is 38.2 Å². The average molecular weight is 382 g/mol. The van der Waals surface area contributed by atoms with Crippen LogP contribution in [0.15, 0.2) is 24.3 Å². The molecule has 26 heavy (non-hydrogen) atoms. The molecule has 0 amide bonds. The molecule has 1 aromatic rings. The van der Waals surface area contributed by atoms with Crippen LogP contribution in [0.4, 0.5) is 0 Å². The van der Waals surface area contributed by atoms with Crippen LogP contribution >= 0.6 is 0 Å². The molecule has 1 atom stereocenters. The van der Waals surface area contributed by atoms with Gasteiger partial charge in [0.25, 0.3) is 10.2 Å². The Morgan fingerprint density at radius 1 is 1.15 bits per heavy atom. The minimum Gasteiger partial charge on any atom is -0.381 e. The monoisotopic (exact) mass is 381 g/mol. The van der Waals surface area contributed by atoms with Gasteiger partial charge in [0.1, 0.15) is 0 Å². The number of rotatable bonds is 7. The molecule has 7 heteroatoms. The summed E-state index contributed by atoms with van der Waals surface area (Å²) in [7, 11) is -1.69. The molecular weight excluding hydrogens is 350 g/mol. The zero-order valence-electron chi connectivity index (χ0n) is 15.9. The Hall–Kier alpha value is -0.990. The SMILES string of the molecule is COC1CCN(S(=O)(=O)NCCN2CCC(c3ccccc3C)C2)CC1. The van der Waals surface area contributed by atoms with Crippen molar-refractivity contribution in [1.82, 2.24) is 13.9 Å². The molecule has 0 spiro atoms. The second-order valence-electron chi connectivity index (χ2n) is 7.38. The molecule has 2 aliphatic rings. The van der Waals surface area contributed by atoms with E-state index in [1.165, 1.54) is 11.1 Å². The molecule has 6 nitrogen and oxygen atoms in total. The molecule has 0 bridgehead atoms. The van der Waals surface area contributed by atoms with Gasteiger partial charge in [-0.2, -0.15) is 12.7 Å². The highest BCUT2D eigenvalue weighted by molar-refractivity contribution is 7.87. The van der Waals surface area contributed by atoms with E-state index in [9.17, 15) is 8.42 Å². The number of hydrogen-bond acceptors (Lipinski definition) is 4. The molecule has 1 N–H and O–H groups in total. The van der Waals surface area contributed by atoms with Crippen LogP contribution in [0.25, 0.3) is 0 Å². The number of hydrogen-bond donors (Lipinski definition) is 1. The van der Waals surface area contributed by atoms with Gasteiger partial charge < -0.3 is 9.64 Å². The summed E-state index contributed by atoms with van der Waals surface area (Å²) in [6.07, 6.45) is 2.86. The Morgan fingerprint density at radius 3 is 2.58 bits per heavy atom. The van der Waals surface area contributed by atoms with Gasteiger partial charge in [-0.3, -0.25) is 0 Å². The van der Waals surface area contributed by atoms with E-state index in [2.05, 4.69) is 40.8 Å². The number of nitrogens with zero attached hydrogens (tertiary/aromatic N) is 2.